The van der Waals surface area contributed by atoms with Gasteiger partial charge in [-0.2, -0.15) is 0 Å². The molecule has 2 amide bonds. The van der Waals surface area contributed by atoms with Gasteiger partial charge in [0.1, 0.15) is 0 Å². The number of nitrogens with one attached hydrogen (secondary N) is 1. The molecule has 8 heteroatoms. The maximum Gasteiger partial charge on any atom is 0.274 e. The fraction of sp³-hybridized carbons (Fsp3) is 0.174. The predicted octanol–water partition coefficient (Wildman–Crippen LogP) is 4.48. The molecule has 1 aromatic heterocycles. The highest BCUT2D eigenvalue weighted by Gasteiger charge is 2.32. The molecule has 1 unspecified atom stereocenters. The zero-order valence-electron chi connectivity index (χ0n) is 16.6. The summed E-state index contributed by atoms with van der Waals surface area (Å²) in [5, 5.41) is 3.77. The fourth-order valence-corrected chi connectivity index (χ4v) is 3.90. The van der Waals surface area contributed by atoms with Gasteiger partial charge in [0.2, 0.25) is 18.0 Å². The molecule has 1 atom stereocenters. The largest absolute Gasteiger partial charge is 0.448 e. The Hall–Kier alpha value is -3.09. The minimum absolute atomic E-state index is 0.147. The van der Waals surface area contributed by atoms with Gasteiger partial charge >= 0.3 is 0 Å². The van der Waals surface area contributed by atoms with Crippen LogP contribution in [0.5, 0.6) is 0 Å². The summed E-state index contributed by atoms with van der Waals surface area (Å²) in [7, 11) is 1.60. The number of halogens is 2. The normalized spacial score (nSPS) is 15.8. The van der Waals surface area contributed by atoms with E-state index in [4.69, 9.17) is 27.6 Å². The molecule has 31 heavy (non-hydrogen) atoms. The van der Waals surface area contributed by atoms with Gasteiger partial charge in [-0.1, -0.05) is 59.6 Å². The van der Waals surface area contributed by atoms with E-state index in [1.54, 1.807) is 31.3 Å². The van der Waals surface area contributed by atoms with Crippen molar-refractivity contribution in [2.45, 2.75) is 19.0 Å². The quantitative estimate of drug-likeness (QED) is 0.616. The van der Waals surface area contributed by atoms with Crippen LogP contribution in [-0.2, 0) is 16.0 Å². The average Bonchev–Trinajstić information content (AvgIpc) is 3.22. The van der Waals surface area contributed by atoms with Crippen molar-refractivity contribution in [1.29, 1.82) is 0 Å². The third kappa shape index (κ3) is 4.50. The van der Waals surface area contributed by atoms with Crippen LogP contribution < -0.4 is 10.2 Å². The summed E-state index contributed by atoms with van der Waals surface area (Å²) in [5.74, 6) is -0.315. The number of aliphatic imine (C=N–C) groups is 1. The van der Waals surface area contributed by atoms with E-state index in [0.29, 0.717) is 33.6 Å². The molecule has 1 aliphatic heterocycles. The lowest BCUT2D eigenvalue weighted by molar-refractivity contribution is -0.127. The Balaban J connectivity index is 1.57. The molecule has 158 valence electrons. The van der Waals surface area contributed by atoms with Crippen molar-refractivity contribution in [1.82, 2.24) is 5.32 Å². The van der Waals surface area contributed by atoms with Gasteiger partial charge in [-0.05, 0) is 30.2 Å². The summed E-state index contributed by atoms with van der Waals surface area (Å²) in [6.07, 6.45) is 1.00. The molecule has 0 fully saturated rings. The topological polar surface area (TPSA) is 74.9 Å². The van der Waals surface area contributed by atoms with Crippen molar-refractivity contribution < 1.29 is 14.0 Å². The Morgan fingerprint density at radius 3 is 2.68 bits per heavy atom. The Labute approximate surface area is 189 Å². The standard InChI is InChI=1S/C23H19Cl2N3O3/c1-28-22(30)21(26-19(29)10-8-14-7-9-16(24)13-18(14)25)27-20(15-5-3-2-4-6-15)17-11-12-31-23(17)28/h2-7,9,11-13,21H,8,10H2,1H3,(H,26,29). The van der Waals surface area contributed by atoms with Gasteiger partial charge in [-0.15, -0.1) is 0 Å². The van der Waals surface area contributed by atoms with Crippen LogP contribution >= 0.6 is 23.2 Å². The molecule has 0 radical (unpaired) electrons. The van der Waals surface area contributed by atoms with E-state index in [1.807, 2.05) is 30.3 Å². The Morgan fingerprint density at radius 1 is 1.16 bits per heavy atom. The van der Waals surface area contributed by atoms with E-state index in [1.165, 1.54) is 11.2 Å². The highest BCUT2D eigenvalue weighted by molar-refractivity contribution is 6.35. The van der Waals surface area contributed by atoms with Gasteiger partial charge in [0.15, 0.2) is 0 Å². The van der Waals surface area contributed by atoms with Gasteiger partial charge in [0, 0.05) is 29.1 Å². The maximum absolute atomic E-state index is 13.0. The van der Waals surface area contributed by atoms with Crippen LogP contribution in [0, 0.1) is 0 Å². The summed E-state index contributed by atoms with van der Waals surface area (Å²) in [6.45, 7) is 0. The van der Waals surface area contributed by atoms with Crippen LogP contribution in [0.25, 0.3) is 0 Å². The van der Waals surface area contributed by atoms with Gasteiger partial charge in [0.05, 0.1) is 17.5 Å². The molecule has 3 aromatic rings. The first-order chi connectivity index (χ1) is 14.9. The number of rotatable bonds is 5. The van der Waals surface area contributed by atoms with Crippen LogP contribution in [0.15, 0.2) is 70.3 Å². The van der Waals surface area contributed by atoms with Gasteiger partial charge < -0.3 is 9.73 Å². The lowest BCUT2D eigenvalue weighted by Gasteiger charge is -2.18. The molecule has 6 nitrogen and oxygen atoms in total. The lowest BCUT2D eigenvalue weighted by Crippen LogP contribution is -2.46. The van der Waals surface area contributed by atoms with Crippen LogP contribution in [0.2, 0.25) is 10.0 Å². The fourth-order valence-electron chi connectivity index (χ4n) is 3.40. The second-order valence-corrected chi connectivity index (χ2v) is 7.93. The van der Waals surface area contributed by atoms with E-state index >= 15 is 0 Å². The molecule has 0 aliphatic carbocycles. The molecule has 0 bridgehead atoms. The zero-order chi connectivity index (χ0) is 22.0. The second-order valence-electron chi connectivity index (χ2n) is 7.09. The number of hydrogen-bond acceptors (Lipinski definition) is 4. The Kier molecular flexibility index (Phi) is 6.11. The lowest BCUT2D eigenvalue weighted by atomic mass is 10.0. The van der Waals surface area contributed by atoms with Crippen molar-refractivity contribution in [2.75, 3.05) is 11.9 Å². The third-order valence-corrected chi connectivity index (χ3v) is 5.60. The van der Waals surface area contributed by atoms with Crippen molar-refractivity contribution in [2.24, 2.45) is 4.99 Å². The first-order valence-electron chi connectivity index (χ1n) is 9.66. The number of benzene rings is 2. The zero-order valence-corrected chi connectivity index (χ0v) is 18.2. The Bertz CT molecular complexity index is 1160. The number of hydrogen-bond donors (Lipinski definition) is 1. The highest BCUT2D eigenvalue weighted by atomic mass is 35.5. The molecule has 1 N–H and O–H groups in total. The number of carbonyl (C=O) groups is 2. The number of carbonyl (C=O) groups excluding carboxylic acids is 2. The SMILES string of the molecule is CN1C(=O)C(NC(=O)CCc2ccc(Cl)cc2Cl)N=C(c2ccccc2)c2ccoc21. The number of aryl methyl sites for hydroxylation is 1. The predicted molar refractivity (Wildman–Crippen MR) is 121 cm³/mol. The minimum atomic E-state index is -1.07. The van der Waals surface area contributed by atoms with E-state index in [9.17, 15) is 9.59 Å². The highest BCUT2D eigenvalue weighted by Crippen LogP contribution is 2.28. The molecule has 0 saturated heterocycles. The number of anilines is 1. The maximum atomic E-state index is 13.0. The number of furan rings is 1. The monoisotopic (exact) mass is 455 g/mol. The summed E-state index contributed by atoms with van der Waals surface area (Å²) >= 11 is 12.1. The molecule has 4 rings (SSSR count). The van der Waals surface area contributed by atoms with E-state index in [0.717, 1.165) is 11.1 Å². The van der Waals surface area contributed by atoms with E-state index < -0.39 is 6.17 Å². The second kappa shape index (κ2) is 8.96. The minimum Gasteiger partial charge on any atom is -0.448 e. The molecular weight excluding hydrogens is 437 g/mol. The van der Waals surface area contributed by atoms with Crippen molar-refractivity contribution in [3.63, 3.8) is 0 Å². The smallest absolute Gasteiger partial charge is 0.274 e. The average molecular weight is 456 g/mol. The first kappa shape index (κ1) is 21.2. The van der Waals surface area contributed by atoms with Gasteiger partial charge in [-0.3, -0.25) is 14.5 Å². The summed E-state index contributed by atoms with van der Waals surface area (Å²) in [5.41, 5.74) is 2.89. The van der Waals surface area contributed by atoms with Crippen LogP contribution in [-0.4, -0.2) is 30.7 Å². The van der Waals surface area contributed by atoms with E-state index in [-0.39, 0.29) is 18.2 Å². The van der Waals surface area contributed by atoms with Crippen molar-refractivity contribution in [3.05, 3.63) is 87.6 Å². The molecular formula is C23H19Cl2N3O3. The number of nitrogens with zero attached hydrogens (tertiary/aromatic N) is 2. The first-order valence-corrected chi connectivity index (χ1v) is 10.4. The summed E-state index contributed by atoms with van der Waals surface area (Å²) in [6, 6.07) is 16.4. The number of amides is 2. The molecule has 2 aromatic carbocycles. The molecule has 2 heterocycles. The number of likely N-dealkylation sites (N-methyl/N-ethyl adjacent to an activating group) is 1. The van der Waals surface area contributed by atoms with Crippen LogP contribution in [0.4, 0.5) is 5.88 Å². The van der Waals surface area contributed by atoms with Crippen LogP contribution in [0.1, 0.15) is 23.1 Å². The number of fused-ring (bicyclic) bond motifs is 1. The molecule has 1 aliphatic rings. The Morgan fingerprint density at radius 2 is 1.94 bits per heavy atom. The summed E-state index contributed by atoms with van der Waals surface area (Å²) < 4.78 is 5.54. The molecule has 0 spiro atoms. The third-order valence-electron chi connectivity index (χ3n) is 5.01. The molecule has 0 saturated carbocycles. The van der Waals surface area contributed by atoms with Crippen molar-refractivity contribution in [3.8, 4) is 0 Å². The summed E-state index contributed by atoms with van der Waals surface area (Å²) in [4.78, 5) is 31.6. The van der Waals surface area contributed by atoms with Gasteiger partial charge in [-0.25, -0.2) is 4.99 Å². The van der Waals surface area contributed by atoms with E-state index in [2.05, 4.69) is 10.3 Å². The van der Waals surface area contributed by atoms with Crippen molar-refractivity contribution >= 4 is 46.6 Å². The van der Waals surface area contributed by atoms with Crippen LogP contribution in [0.3, 0.4) is 0 Å². The van der Waals surface area contributed by atoms with Gasteiger partial charge in [0.25, 0.3) is 5.91 Å².